The molecule has 0 spiro atoms. The topological polar surface area (TPSA) is 111 Å². The highest BCUT2D eigenvalue weighted by atomic mass is 19.1. The number of halogens is 1. The molecule has 0 unspecified atom stereocenters. The number of carbonyl (C=O) groups excluding carboxylic acids is 1. The number of piperazine rings is 1. The number of nitrogens with zero attached hydrogens (tertiary/aromatic N) is 5. The molecule has 0 atom stereocenters. The summed E-state index contributed by atoms with van der Waals surface area (Å²) in [5.41, 5.74) is -0.282. The van der Waals surface area contributed by atoms with Gasteiger partial charge in [-0.1, -0.05) is 30.3 Å². The second kappa shape index (κ2) is 6.98. The number of carbonyl (C=O) groups is 1. The van der Waals surface area contributed by atoms with Gasteiger partial charge in [0.1, 0.15) is 12.0 Å². The van der Waals surface area contributed by atoms with Crippen molar-refractivity contribution < 1.29 is 9.18 Å². The number of nitrogens with one attached hydrogen (secondary N) is 2. The monoisotopic (exact) mass is 369 g/mol. The van der Waals surface area contributed by atoms with Crippen LogP contribution in [0.4, 0.5) is 10.3 Å². The maximum atomic E-state index is 14.3. The third-order valence-electron chi connectivity index (χ3n) is 4.38. The van der Waals surface area contributed by atoms with Gasteiger partial charge >= 0.3 is 0 Å². The molecule has 3 heterocycles. The lowest BCUT2D eigenvalue weighted by molar-refractivity contribution is 0.0734. The fourth-order valence-electron chi connectivity index (χ4n) is 2.96. The van der Waals surface area contributed by atoms with Gasteiger partial charge in [-0.3, -0.25) is 19.7 Å². The molecular formula is C17H16FN7O2. The smallest absolute Gasteiger partial charge is 0.291 e. The molecule has 1 fully saturated rings. The van der Waals surface area contributed by atoms with E-state index in [1.165, 1.54) is 6.33 Å². The van der Waals surface area contributed by atoms with E-state index >= 15 is 0 Å². The molecule has 1 aliphatic heterocycles. The summed E-state index contributed by atoms with van der Waals surface area (Å²) in [7, 11) is 0. The van der Waals surface area contributed by atoms with E-state index < -0.39 is 11.4 Å². The molecule has 0 bridgehead atoms. The number of hydrogen-bond acceptors (Lipinski definition) is 6. The van der Waals surface area contributed by atoms with Crippen molar-refractivity contribution in [2.75, 3.05) is 31.1 Å². The van der Waals surface area contributed by atoms with Crippen LogP contribution in [0.15, 0.2) is 41.5 Å². The maximum absolute atomic E-state index is 14.3. The van der Waals surface area contributed by atoms with Crippen LogP contribution >= 0.6 is 0 Å². The summed E-state index contributed by atoms with van der Waals surface area (Å²) in [6.07, 6.45) is 1.28. The van der Waals surface area contributed by atoms with Crippen LogP contribution in [0.1, 0.15) is 10.6 Å². The lowest BCUT2D eigenvalue weighted by Crippen LogP contribution is -2.49. The summed E-state index contributed by atoms with van der Waals surface area (Å²) in [4.78, 5) is 38.4. The van der Waals surface area contributed by atoms with E-state index in [2.05, 4.69) is 25.1 Å². The number of H-pyrrole nitrogens is 2. The van der Waals surface area contributed by atoms with Gasteiger partial charge in [0.05, 0.1) is 0 Å². The molecule has 138 valence electrons. The van der Waals surface area contributed by atoms with Gasteiger partial charge in [-0.15, -0.1) is 0 Å². The molecule has 27 heavy (non-hydrogen) atoms. The SMILES string of the molecule is O=C(c1ncn[nH]1)N1CCN(c2nc(-c3ccccc3)c(F)c(=O)[nH]2)CC1. The number of hydrogen-bond donors (Lipinski definition) is 2. The van der Waals surface area contributed by atoms with Crippen molar-refractivity contribution in [3.8, 4) is 11.3 Å². The predicted molar refractivity (Wildman–Crippen MR) is 94.8 cm³/mol. The van der Waals surface area contributed by atoms with Crippen LogP contribution in [0, 0.1) is 5.82 Å². The Hall–Kier alpha value is -3.56. The number of rotatable bonds is 3. The van der Waals surface area contributed by atoms with Crippen molar-refractivity contribution in [1.82, 2.24) is 30.0 Å². The van der Waals surface area contributed by atoms with E-state index in [0.29, 0.717) is 31.7 Å². The molecular weight excluding hydrogens is 353 g/mol. The highest BCUT2D eigenvalue weighted by Gasteiger charge is 2.25. The lowest BCUT2D eigenvalue weighted by atomic mass is 10.1. The van der Waals surface area contributed by atoms with Crippen LogP contribution in [0.3, 0.4) is 0 Å². The van der Waals surface area contributed by atoms with Crippen LogP contribution in [0.5, 0.6) is 0 Å². The van der Waals surface area contributed by atoms with E-state index in [0.717, 1.165) is 0 Å². The minimum absolute atomic E-state index is 0.00881. The van der Waals surface area contributed by atoms with E-state index in [1.807, 2.05) is 4.90 Å². The molecule has 1 saturated heterocycles. The van der Waals surface area contributed by atoms with Crippen LogP contribution in [-0.4, -0.2) is 62.1 Å². The summed E-state index contributed by atoms with van der Waals surface area (Å²) < 4.78 is 14.3. The highest BCUT2D eigenvalue weighted by Crippen LogP contribution is 2.21. The van der Waals surface area contributed by atoms with Gasteiger partial charge in [-0.25, -0.2) is 9.97 Å². The Balaban J connectivity index is 1.54. The first-order chi connectivity index (χ1) is 13.1. The third kappa shape index (κ3) is 3.28. The Kier molecular flexibility index (Phi) is 4.37. The number of anilines is 1. The molecule has 2 aromatic heterocycles. The minimum Gasteiger partial charge on any atom is -0.339 e. The first-order valence-corrected chi connectivity index (χ1v) is 8.38. The first-order valence-electron chi connectivity index (χ1n) is 8.38. The number of benzene rings is 1. The van der Waals surface area contributed by atoms with Crippen molar-refractivity contribution in [3.05, 3.63) is 58.7 Å². The molecule has 3 aromatic rings. The van der Waals surface area contributed by atoms with Gasteiger partial charge in [0, 0.05) is 31.7 Å². The average Bonchev–Trinajstić information content (AvgIpc) is 3.25. The maximum Gasteiger partial charge on any atom is 0.291 e. The zero-order valence-corrected chi connectivity index (χ0v) is 14.2. The standard InChI is InChI=1S/C17H16FN7O2/c18-12-13(11-4-2-1-3-5-11)21-17(22-15(12)26)25-8-6-24(7-9-25)16(27)14-19-10-20-23-14/h1-5,10H,6-9H2,(H,19,20,23)(H,21,22,26). The van der Waals surface area contributed by atoms with E-state index in [-0.39, 0.29) is 23.4 Å². The van der Waals surface area contributed by atoms with Gasteiger partial charge in [-0.05, 0) is 0 Å². The Morgan fingerprint density at radius 2 is 1.85 bits per heavy atom. The third-order valence-corrected chi connectivity index (χ3v) is 4.38. The van der Waals surface area contributed by atoms with Crippen LogP contribution < -0.4 is 10.5 Å². The molecule has 1 aromatic carbocycles. The predicted octanol–water partition coefficient (Wildman–Crippen LogP) is 0.656. The zero-order valence-electron chi connectivity index (χ0n) is 14.2. The van der Waals surface area contributed by atoms with Gasteiger partial charge in [0.2, 0.25) is 17.6 Å². The highest BCUT2D eigenvalue weighted by molar-refractivity contribution is 5.90. The number of amides is 1. The van der Waals surface area contributed by atoms with E-state index in [1.54, 1.807) is 35.2 Å². The Labute approximate surface area is 152 Å². The molecule has 4 rings (SSSR count). The van der Waals surface area contributed by atoms with Crippen molar-refractivity contribution in [3.63, 3.8) is 0 Å². The quantitative estimate of drug-likeness (QED) is 0.702. The number of aromatic nitrogens is 5. The van der Waals surface area contributed by atoms with Gasteiger partial charge in [-0.2, -0.15) is 9.49 Å². The Bertz CT molecular complexity index is 996. The average molecular weight is 369 g/mol. The Morgan fingerprint density at radius 3 is 2.52 bits per heavy atom. The largest absolute Gasteiger partial charge is 0.339 e. The normalized spacial score (nSPS) is 14.4. The molecule has 1 aliphatic rings. The summed E-state index contributed by atoms with van der Waals surface area (Å²) in [5, 5.41) is 6.23. The van der Waals surface area contributed by atoms with Crippen molar-refractivity contribution in [2.24, 2.45) is 0 Å². The Morgan fingerprint density at radius 1 is 1.11 bits per heavy atom. The van der Waals surface area contributed by atoms with Gasteiger partial charge in [0.15, 0.2) is 0 Å². The number of aromatic amines is 2. The molecule has 0 radical (unpaired) electrons. The van der Waals surface area contributed by atoms with Crippen LogP contribution in [-0.2, 0) is 0 Å². The van der Waals surface area contributed by atoms with E-state index in [9.17, 15) is 14.0 Å². The molecule has 9 nitrogen and oxygen atoms in total. The fraction of sp³-hybridized carbons (Fsp3) is 0.235. The summed E-state index contributed by atoms with van der Waals surface area (Å²) in [5.74, 6) is -0.683. The van der Waals surface area contributed by atoms with Crippen LogP contribution in [0.2, 0.25) is 0 Å². The van der Waals surface area contributed by atoms with Gasteiger partial charge in [0.25, 0.3) is 11.5 Å². The van der Waals surface area contributed by atoms with Crippen molar-refractivity contribution in [1.29, 1.82) is 0 Å². The molecule has 0 aliphatic carbocycles. The fourth-order valence-corrected chi connectivity index (χ4v) is 2.96. The molecule has 10 heteroatoms. The van der Waals surface area contributed by atoms with Crippen LogP contribution in [0.25, 0.3) is 11.3 Å². The summed E-state index contributed by atoms with van der Waals surface area (Å²) >= 11 is 0. The summed E-state index contributed by atoms with van der Waals surface area (Å²) in [6.45, 7) is 1.73. The van der Waals surface area contributed by atoms with Gasteiger partial charge < -0.3 is 9.80 Å². The second-order valence-electron chi connectivity index (χ2n) is 6.03. The molecule has 0 saturated carbocycles. The summed E-state index contributed by atoms with van der Waals surface area (Å²) in [6, 6.07) is 8.71. The van der Waals surface area contributed by atoms with E-state index in [4.69, 9.17) is 0 Å². The molecule has 2 N–H and O–H groups in total. The van der Waals surface area contributed by atoms with Crippen molar-refractivity contribution in [2.45, 2.75) is 0 Å². The second-order valence-corrected chi connectivity index (χ2v) is 6.03. The zero-order chi connectivity index (χ0) is 18.8. The molecule has 1 amide bonds. The first kappa shape index (κ1) is 16.9. The minimum atomic E-state index is -0.913. The van der Waals surface area contributed by atoms with Crippen molar-refractivity contribution >= 4 is 11.9 Å². The lowest BCUT2D eigenvalue weighted by Gasteiger charge is -2.34.